The molecule has 0 spiro atoms. The topological polar surface area (TPSA) is 23.6 Å². The number of alkyl halides is 1. The second-order valence-corrected chi connectivity index (χ2v) is 4.93. The number of rotatable bonds is 3. The lowest BCUT2D eigenvalue weighted by molar-refractivity contribution is -0.130. The number of likely N-dealkylation sites (tertiary alicyclic amines) is 1. The maximum absolute atomic E-state index is 11.5. The molecule has 0 aromatic carbocycles. The Morgan fingerprint density at radius 1 is 1.40 bits per heavy atom. The summed E-state index contributed by atoms with van der Waals surface area (Å²) in [6, 6.07) is 1.33. The number of piperidine rings is 1. The van der Waals surface area contributed by atoms with E-state index in [1.807, 2.05) is 4.90 Å². The van der Waals surface area contributed by atoms with E-state index >= 15 is 0 Å². The molecule has 1 atom stereocenters. The average Bonchev–Trinajstić information content (AvgIpc) is 3.11. The van der Waals surface area contributed by atoms with Crippen LogP contribution in [0.1, 0.15) is 25.7 Å². The molecule has 1 saturated heterocycles. The molecule has 0 N–H and O–H groups in total. The first-order valence-electron chi connectivity index (χ1n) is 5.78. The van der Waals surface area contributed by atoms with Crippen molar-refractivity contribution in [2.24, 2.45) is 0 Å². The summed E-state index contributed by atoms with van der Waals surface area (Å²) in [6.45, 7) is 1.76. The van der Waals surface area contributed by atoms with Crippen molar-refractivity contribution in [1.82, 2.24) is 9.80 Å². The van der Waals surface area contributed by atoms with Gasteiger partial charge in [-0.05, 0) is 32.7 Å². The largest absolute Gasteiger partial charge is 0.340 e. The van der Waals surface area contributed by atoms with Crippen molar-refractivity contribution >= 4 is 17.5 Å². The van der Waals surface area contributed by atoms with Gasteiger partial charge in [-0.15, -0.1) is 11.6 Å². The Balaban J connectivity index is 1.88. The van der Waals surface area contributed by atoms with Crippen LogP contribution in [0.2, 0.25) is 0 Å². The van der Waals surface area contributed by atoms with Crippen LogP contribution in [0.3, 0.4) is 0 Å². The van der Waals surface area contributed by atoms with Crippen LogP contribution in [0, 0.1) is 0 Å². The van der Waals surface area contributed by atoms with Crippen LogP contribution in [0.4, 0.5) is 0 Å². The molecule has 0 aromatic rings. The number of hydrogen-bond donors (Lipinski definition) is 0. The van der Waals surface area contributed by atoms with E-state index in [-0.39, 0.29) is 11.8 Å². The van der Waals surface area contributed by atoms with Crippen molar-refractivity contribution in [1.29, 1.82) is 0 Å². The van der Waals surface area contributed by atoms with Crippen molar-refractivity contribution in [3.05, 3.63) is 0 Å². The van der Waals surface area contributed by atoms with Crippen LogP contribution in [0.25, 0.3) is 0 Å². The van der Waals surface area contributed by atoms with Crippen molar-refractivity contribution in [2.45, 2.75) is 37.8 Å². The van der Waals surface area contributed by atoms with E-state index in [1.165, 1.54) is 19.3 Å². The summed E-state index contributed by atoms with van der Waals surface area (Å²) in [6.07, 6.45) is 5.00. The zero-order valence-electron chi connectivity index (χ0n) is 9.29. The number of nitrogens with zero attached hydrogens (tertiary/aromatic N) is 2. The minimum absolute atomic E-state index is 0.0885. The van der Waals surface area contributed by atoms with E-state index in [1.54, 1.807) is 0 Å². The molecule has 1 amide bonds. The van der Waals surface area contributed by atoms with E-state index < -0.39 is 0 Å². The Hall–Kier alpha value is -0.280. The maximum atomic E-state index is 11.5. The normalized spacial score (nSPS) is 27.1. The Kier molecular flexibility index (Phi) is 3.52. The van der Waals surface area contributed by atoms with E-state index in [4.69, 9.17) is 11.6 Å². The quantitative estimate of drug-likeness (QED) is 0.683. The fraction of sp³-hybridized carbons (Fsp3) is 0.909. The van der Waals surface area contributed by atoms with Crippen molar-refractivity contribution in [3.63, 3.8) is 0 Å². The molecular weight excluding hydrogens is 212 g/mol. The molecule has 0 aromatic heterocycles. The summed E-state index contributed by atoms with van der Waals surface area (Å²) in [7, 11) is 2.19. The van der Waals surface area contributed by atoms with Gasteiger partial charge in [-0.25, -0.2) is 0 Å². The first kappa shape index (κ1) is 11.2. The first-order valence-corrected chi connectivity index (χ1v) is 6.31. The molecule has 1 saturated carbocycles. The van der Waals surface area contributed by atoms with Gasteiger partial charge >= 0.3 is 0 Å². The van der Waals surface area contributed by atoms with E-state index in [9.17, 15) is 4.79 Å². The summed E-state index contributed by atoms with van der Waals surface area (Å²) in [4.78, 5) is 15.9. The predicted molar refractivity (Wildman–Crippen MR) is 61.1 cm³/mol. The minimum Gasteiger partial charge on any atom is -0.340 e. The zero-order valence-corrected chi connectivity index (χ0v) is 10.0. The standard InChI is InChI=1S/C11H19ClN2O/c1-13(9-4-5-9)10-3-2-6-14(8-10)11(15)7-12/h9-10H,2-8H2,1H3/t10-/m1/s1. The summed E-state index contributed by atoms with van der Waals surface area (Å²) >= 11 is 5.58. The highest BCUT2D eigenvalue weighted by atomic mass is 35.5. The monoisotopic (exact) mass is 230 g/mol. The number of amides is 1. The summed E-state index contributed by atoms with van der Waals surface area (Å²) in [5.74, 6) is 0.213. The van der Waals surface area contributed by atoms with Crippen LogP contribution in [-0.4, -0.2) is 53.8 Å². The molecular formula is C11H19ClN2O. The molecule has 1 aliphatic heterocycles. The lowest BCUT2D eigenvalue weighted by Gasteiger charge is -2.37. The minimum atomic E-state index is 0.0885. The molecule has 2 aliphatic rings. The molecule has 4 heteroatoms. The molecule has 0 unspecified atom stereocenters. The smallest absolute Gasteiger partial charge is 0.237 e. The zero-order chi connectivity index (χ0) is 10.8. The number of halogens is 1. The summed E-state index contributed by atoms with van der Waals surface area (Å²) < 4.78 is 0. The molecule has 86 valence electrons. The van der Waals surface area contributed by atoms with Crippen LogP contribution in [-0.2, 0) is 4.79 Å². The Morgan fingerprint density at radius 3 is 2.73 bits per heavy atom. The van der Waals surface area contributed by atoms with Crippen LogP contribution >= 0.6 is 11.6 Å². The van der Waals surface area contributed by atoms with Gasteiger partial charge in [0.1, 0.15) is 5.88 Å². The van der Waals surface area contributed by atoms with Gasteiger partial charge in [0.2, 0.25) is 5.91 Å². The lowest BCUT2D eigenvalue weighted by Crippen LogP contribution is -2.49. The van der Waals surface area contributed by atoms with Crippen LogP contribution in [0.5, 0.6) is 0 Å². The lowest BCUT2D eigenvalue weighted by atomic mass is 10.0. The fourth-order valence-corrected chi connectivity index (χ4v) is 2.55. The van der Waals surface area contributed by atoms with Crippen molar-refractivity contribution in [3.8, 4) is 0 Å². The van der Waals surface area contributed by atoms with Crippen LogP contribution in [0.15, 0.2) is 0 Å². The second kappa shape index (κ2) is 4.71. The van der Waals surface area contributed by atoms with Gasteiger partial charge in [0.25, 0.3) is 0 Å². The van der Waals surface area contributed by atoms with Crippen molar-refractivity contribution < 1.29 is 4.79 Å². The van der Waals surface area contributed by atoms with Gasteiger partial charge < -0.3 is 4.90 Å². The third kappa shape index (κ3) is 2.64. The third-order valence-electron chi connectivity index (χ3n) is 3.56. The van der Waals surface area contributed by atoms with Crippen LogP contribution < -0.4 is 0 Å². The Morgan fingerprint density at radius 2 is 2.13 bits per heavy atom. The van der Waals surface area contributed by atoms with Gasteiger partial charge in [-0.3, -0.25) is 9.69 Å². The average molecular weight is 231 g/mol. The number of hydrogen-bond acceptors (Lipinski definition) is 2. The highest BCUT2D eigenvalue weighted by Crippen LogP contribution is 2.29. The van der Waals surface area contributed by atoms with Gasteiger partial charge in [-0.2, -0.15) is 0 Å². The maximum Gasteiger partial charge on any atom is 0.237 e. The molecule has 1 aliphatic carbocycles. The molecule has 0 bridgehead atoms. The Labute approximate surface area is 96.4 Å². The van der Waals surface area contributed by atoms with Gasteiger partial charge in [0, 0.05) is 25.2 Å². The predicted octanol–water partition coefficient (Wildman–Crippen LogP) is 1.31. The number of likely N-dealkylation sites (N-methyl/N-ethyl adjacent to an activating group) is 1. The highest BCUT2D eigenvalue weighted by Gasteiger charge is 2.33. The van der Waals surface area contributed by atoms with Gasteiger partial charge in [0.15, 0.2) is 0 Å². The Bertz CT molecular complexity index is 243. The molecule has 1 heterocycles. The highest BCUT2D eigenvalue weighted by molar-refractivity contribution is 6.27. The summed E-state index contributed by atoms with van der Waals surface area (Å²) in [5, 5.41) is 0. The molecule has 2 fully saturated rings. The van der Waals surface area contributed by atoms with Gasteiger partial charge in [-0.1, -0.05) is 0 Å². The number of carbonyl (C=O) groups excluding carboxylic acids is 1. The molecule has 15 heavy (non-hydrogen) atoms. The molecule has 3 nitrogen and oxygen atoms in total. The number of carbonyl (C=O) groups is 1. The first-order chi connectivity index (χ1) is 7.22. The second-order valence-electron chi connectivity index (χ2n) is 4.67. The van der Waals surface area contributed by atoms with Crippen molar-refractivity contribution in [2.75, 3.05) is 26.0 Å². The molecule has 0 radical (unpaired) electrons. The van der Waals surface area contributed by atoms with Gasteiger partial charge in [0.05, 0.1) is 0 Å². The van der Waals surface area contributed by atoms with E-state index in [0.29, 0.717) is 6.04 Å². The summed E-state index contributed by atoms with van der Waals surface area (Å²) in [5.41, 5.74) is 0. The molecule has 2 rings (SSSR count). The fourth-order valence-electron chi connectivity index (χ4n) is 2.38. The van der Waals surface area contributed by atoms with E-state index in [0.717, 1.165) is 25.6 Å². The third-order valence-corrected chi connectivity index (χ3v) is 3.79. The van der Waals surface area contributed by atoms with E-state index in [2.05, 4.69) is 11.9 Å². The SMILES string of the molecule is CN(C1CC1)[C@@H]1CCCN(C(=O)CCl)C1.